The first-order valence-electron chi connectivity index (χ1n) is 5.37. The summed E-state index contributed by atoms with van der Waals surface area (Å²) in [6.07, 6.45) is 0.800. The first-order valence-corrected chi connectivity index (χ1v) is 5.37. The zero-order valence-corrected chi connectivity index (χ0v) is 9.18. The SMILES string of the molecule is CCN1CCc2ccccc2C(=NO)C1=O. The van der Waals surface area contributed by atoms with E-state index in [1.54, 1.807) is 4.90 Å². The van der Waals surface area contributed by atoms with Gasteiger partial charge in [-0.15, -0.1) is 0 Å². The molecule has 84 valence electrons. The highest BCUT2D eigenvalue weighted by Crippen LogP contribution is 2.16. The Morgan fingerprint density at radius 1 is 1.44 bits per heavy atom. The highest BCUT2D eigenvalue weighted by atomic mass is 16.4. The van der Waals surface area contributed by atoms with Crippen molar-refractivity contribution in [2.45, 2.75) is 13.3 Å². The van der Waals surface area contributed by atoms with Gasteiger partial charge >= 0.3 is 0 Å². The van der Waals surface area contributed by atoms with Crippen molar-refractivity contribution in [2.24, 2.45) is 5.16 Å². The van der Waals surface area contributed by atoms with E-state index in [0.29, 0.717) is 13.1 Å². The quantitative estimate of drug-likeness (QED) is 0.570. The number of nitrogens with zero attached hydrogens (tertiary/aromatic N) is 2. The van der Waals surface area contributed by atoms with E-state index in [2.05, 4.69) is 5.16 Å². The van der Waals surface area contributed by atoms with Gasteiger partial charge in [-0.2, -0.15) is 0 Å². The Morgan fingerprint density at radius 2 is 2.19 bits per heavy atom. The number of fused-ring (bicyclic) bond motifs is 1. The van der Waals surface area contributed by atoms with Gasteiger partial charge < -0.3 is 10.1 Å². The number of rotatable bonds is 1. The summed E-state index contributed by atoms with van der Waals surface area (Å²) in [5.74, 6) is -0.199. The third-order valence-electron chi connectivity index (χ3n) is 2.90. The van der Waals surface area contributed by atoms with Gasteiger partial charge in [0.25, 0.3) is 5.91 Å². The van der Waals surface area contributed by atoms with Crippen molar-refractivity contribution in [2.75, 3.05) is 13.1 Å². The average Bonchev–Trinajstić information content (AvgIpc) is 2.45. The van der Waals surface area contributed by atoms with E-state index in [9.17, 15) is 4.79 Å². The molecule has 0 radical (unpaired) electrons. The van der Waals surface area contributed by atoms with E-state index >= 15 is 0 Å². The second-order valence-electron chi connectivity index (χ2n) is 3.74. The number of benzene rings is 1. The molecule has 0 saturated carbocycles. The summed E-state index contributed by atoms with van der Waals surface area (Å²) in [5, 5.41) is 12.1. The van der Waals surface area contributed by atoms with Crippen LogP contribution in [0.15, 0.2) is 29.4 Å². The third-order valence-corrected chi connectivity index (χ3v) is 2.90. The monoisotopic (exact) mass is 218 g/mol. The molecule has 16 heavy (non-hydrogen) atoms. The van der Waals surface area contributed by atoms with Gasteiger partial charge in [0.2, 0.25) is 0 Å². The van der Waals surface area contributed by atoms with Crippen LogP contribution in [0.1, 0.15) is 18.1 Å². The molecule has 1 aromatic carbocycles. The molecule has 1 N–H and O–H groups in total. The molecular weight excluding hydrogens is 204 g/mol. The van der Waals surface area contributed by atoms with E-state index in [-0.39, 0.29) is 11.6 Å². The largest absolute Gasteiger partial charge is 0.410 e. The molecule has 1 amide bonds. The first kappa shape index (κ1) is 10.7. The highest BCUT2D eigenvalue weighted by molar-refractivity contribution is 6.45. The van der Waals surface area contributed by atoms with Gasteiger partial charge in [0.1, 0.15) is 0 Å². The fourth-order valence-corrected chi connectivity index (χ4v) is 1.99. The van der Waals surface area contributed by atoms with Crippen molar-refractivity contribution in [3.63, 3.8) is 0 Å². The van der Waals surface area contributed by atoms with Crippen LogP contribution < -0.4 is 0 Å². The Kier molecular flexibility index (Phi) is 2.90. The minimum absolute atomic E-state index is 0.148. The van der Waals surface area contributed by atoms with E-state index in [1.165, 1.54) is 0 Å². The van der Waals surface area contributed by atoms with E-state index in [1.807, 2.05) is 31.2 Å². The molecular formula is C12H14N2O2. The summed E-state index contributed by atoms with van der Waals surface area (Å²) >= 11 is 0. The van der Waals surface area contributed by atoms with Gasteiger partial charge in [0.05, 0.1) is 0 Å². The molecule has 0 aromatic heterocycles. The van der Waals surface area contributed by atoms with Crippen molar-refractivity contribution in [3.8, 4) is 0 Å². The van der Waals surface area contributed by atoms with Crippen LogP contribution in [0.3, 0.4) is 0 Å². The molecule has 0 spiro atoms. The topological polar surface area (TPSA) is 52.9 Å². The molecule has 0 fully saturated rings. The number of likely N-dealkylation sites (N-methyl/N-ethyl adjacent to an activating group) is 1. The Balaban J connectivity index is 2.50. The first-order chi connectivity index (χ1) is 7.77. The predicted molar refractivity (Wildman–Crippen MR) is 60.7 cm³/mol. The number of carbonyl (C=O) groups excluding carboxylic acids is 1. The van der Waals surface area contributed by atoms with Crippen molar-refractivity contribution in [3.05, 3.63) is 35.4 Å². The molecule has 4 nitrogen and oxygen atoms in total. The number of hydrogen-bond donors (Lipinski definition) is 1. The molecule has 1 aliphatic rings. The standard InChI is InChI=1S/C12H14N2O2/c1-2-14-8-7-9-5-3-4-6-10(9)11(13-16)12(14)15/h3-6,16H,2,7-8H2,1H3. The van der Waals surface area contributed by atoms with Gasteiger partial charge in [-0.25, -0.2) is 0 Å². The second-order valence-corrected chi connectivity index (χ2v) is 3.74. The van der Waals surface area contributed by atoms with Crippen molar-refractivity contribution >= 4 is 11.6 Å². The smallest absolute Gasteiger partial charge is 0.276 e. The van der Waals surface area contributed by atoms with Gasteiger partial charge in [0, 0.05) is 18.7 Å². The number of oxime groups is 1. The van der Waals surface area contributed by atoms with Crippen LogP contribution in [-0.2, 0) is 11.2 Å². The Bertz CT molecular complexity index is 440. The maximum Gasteiger partial charge on any atom is 0.276 e. The fraction of sp³-hybridized carbons (Fsp3) is 0.333. The molecule has 1 aliphatic heterocycles. The summed E-state index contributed by atoms with van der Waals surface area (Å²) in [4.78, 5) is 13.7. The minimum atomic E-state index is -0.199. The van der Waals surface area contributed by atoms with E-state index in [4.69, 9.17) is 5.21 Å². The van der Waals surface area contributed by atoms with Crippen LogP contribution >= 0.6 is 0 Å². The average molecular weight is 218 g/mol. The normalized spacial score (nSPS) is 18.4. The zero-order valence-electron chi connectivity index (χ0n) is 9.18. The number of hydrogen-bond acceptors (Lipinski definition) is 3. The van der Waals surface area contributed by atoms with Crippen molar-refractivity contribution in [1.82, 2.24) is 4.90 Å². The minimum Gasteiger partial charge on any atom is -0.410 e. The van der Waals surface area contributed by atoms with Gasteiger partial charge in [-0.05, 0) is 18.9 Å². The molecule has 0 aliphatic carbocycles. The van der Waals surface area contributed by atoms with Crippen molar-refractivity contribution in [1.29, 1.82) is 0 Å². The Morgan fingerprint density at radius 3 is 2.88 bits per heavy atom. The summed E-state index contributed by atoms with van der Waals surface area (Å²) in [7, 11) is 0. The lowest BCUT2D eigenvalue weighted by Gasteiger charge is -2.17. The second kappa shape index (κ2) is 4.35. The molecule has 0 saturated heterocycles. The lowest BCUT2D eigenvalue weighted by Crippen LogP contribution is -2.36. The van der Waals surface area contributed by atoms with Crippen LogP contribution in [-0.4, -0.2) is 34.8 Å². The number of amides is 1. The van der Waals surface area contributed by atoms with Gasteiger partial charge in [0.15, 0.2) is 5.71 Å². The fourth-order valence-electron chi connectivity index (χ4n) is 1.99. The molecule has 0 bridgehead atoms. The highest BCUT2D eigenvalue weighted by Gasteiger charge is 2.26. The lowest BCUT2D eigenvalue weighted by molar-refractivity contribution is -0.123. The van der Waals surface area contributed by atoms with E-state index < -0.39 is 0 Å². The van der Waals surface area contributed by atoms with Gasteiger partial charge in [-0.1, -0.05) is 29.4 Å². The maximum atomic E-state index is 12.0. The van der Waals surface area contributed by atoms with Crippen LogP contribution in [0.4, 0.5) is 0 Å². The molecule has 4 heteroatoms. The third kappa shape index (κ3) is 1.66. The summed E-state index contributed by atoms with van der Waals surface area (Å²) in [6, 6.07) is 7.56. The van der Waals surface area contributed by atoms with Crippen molar-refractivity contribution < 1.29 is 10.0 Å². The lowest BCUT2D eigenvalue weighted by atomic mass is 10.0. The molecule has 0 atom stereocenters. The van der Waals surface area contributed by atoms with Crippen LogP contribution in [0.25, 0.3) is 0 Å². The molecule has 1 heterocycles. The summed E-state index contributed by atoms with van der Waals surface area (Å²) < 4.78 is 0. The Labute approximate surface area is 94.2 Å². The van der Waals surface area contributed by atoms with E-state index in [0.717, 1.165) is 17.5 Å². The van der Waals surface area contributed by atoms with Crippen LogP contribution in [0.2, 0.25) is 0 Å². The zero-order chi connectivity index (χ0) is 11.5. The van der Waals surface area contributed by atoms with Gasteiger partial charge in [-0.3, -0.25) is 4.79 Å². The molecule has 0 unspecified atom stereocenters. The Hall–Kier alpha value is -1.84. The molecule has 2 rings (SSSR count). The summed E-state index contributed by atoms with van der Waals surface area (Å²) in [6.45, 7) is 3.22. The maximum absolute atomic E-state index is 12.0. The summed E-state index contributed by atoms with van der Waals surface area (Å²) in [5.41, 5.74) is 1.94. The molecule has 1 aromatic rings. The number of carbonyl (C=O) groups is 1. The van der Waals surface area contributed by atoms with Crippen LogP contribution in [0.5, 0.6) is 0 Å². The van der Waals surface area contributed by atoms with Crippen LogP contribution in [0, 0.1) is 0 Å². The predicted octanol–water partition coefficient (Wildman–Crippen LogP) is 1.27.